The molecule has 1 heterocycles. The van der Waals surface area contributed by atoms with Gasteiger partial charge >= 0.3 is 0 Å². The molecule has 0 N–H and O–H groups in total. The molecular weight excluding hydrogens is 332 g/mol. The normalized spacial score (nSPS) is 11.5. The highest BCUT2D eigenvalue weighted by molar-refractivity contribution is 7.16. The first-order valence-electron chi connectivity index (χ1n) is 7.95. The van der Waals surface area contributed by atoms with Crippen molar-refractivity contribution in [3.63, 3.8) is 0 Å². The van der Waals surface area contributed by atoms with Crippen LogP contribution in [0.2, 0.25) is 0 Å². The molecule has 126 valence electrons. The minimum Gasteiger partial charge on any atom is -0.497 e. The molecule has 4 nitrogen and oxygen atoms in total. The van der Waals surface area contributed by atoms with E-state index in [-0.39, 0.29) is 5.91 Å². The van der Waals surface area contributed by atoms with Crippen LogP contribution in [0.15, 0.2) is 47.5 Å². The van der Waals surface area contributed by atoms with E-state index in [1.54, 1.807) is 31.4 Å². The number of ether oxygens (including phenoxy) is 1. The summed E-state index contributed by atoms with van der Waals surface area (Å²) in [5.74, 6) is 2.95. The van der Waals surface area contributed by atoms with Crippen molar-refractivity contribution in [2.24, 2.45) is 4.99 Å². The molecule has 0 aliphatic rings. The van der Waals surface area contributed by atoms with E-state index in [2.05, 4.69) is 30.0 Å². The number of methoxy groups -OCH3 is 1. The monoisotopic (exact) mass is 350 g/mol. The summed E-state index contributed by atoms with van der Waals surface area (Å²) in [7, 11) is 1.57. The second-order valence-corrected chi connectivity index (χ2v) is 6.49. The first-order chi connectivity index (χ1) is 12.2. The zero-order valence-corrected chi connectivity index (χ0v) is 15.0. The van der Waals surface area contributed by atoms with E-state index in [9.17, 15) is 4.79 Å². The van der Waals surface area contributed by atoms with Crippen molar-refractivity contribution < 1.29 is 9.53 Å². The Hall–Kier alpha value is -2.84. The third-order valence-corrected chi connectivity index (χ3v) is 4.96. The molecule has 25 heavy (non-hydrogen) atoms. The van der Waals surface area contributed by atoms with Gasteiger partial charge in [0.1, 0.15) is 5.75 Å². The van der Waals surface area contributed by atoms with E-state index < -0.39 is 0 Å². The molecule has 0 fully saturated rings. The number of aryl methyl sites for hydroxylation is 1. The first-order valence-corrected chi connectivity index (χ1v) is 8.76. The molecule has 0 unspecified atom stereocenters. The Morgan fingerprint density at radius 3 is 2.88 bits per heavy atom. The van der Waals surface area contributed by atoms with Gasteiger partial charge in [-0.15, -0.1) is 6.42 Å². The van der Waals surface area contributed by atoms with E-state index in [1.807, 2.05) is 10.6 Å². The van der Waals surface area contributed by atoms with Gasteiger partial charge < -0.3 is 9.30 Å². The molecule has 1 amide bonds. The highest BCUT2D eigenvalue weighted by Gasteiger charge is 2.10. The van der Waals surface area contributed by atoms with Crippen LogP contribution in [0.5, 0.6) is 5.75 Å². The van der Waals surface area contributed by atoms with E-state index >= 15 is 0 Å². The fraction of sp³-hybridized carbons (Fsp3) is 0.200. The number of terminal acetylenes is 1. The number of fused-ring (bicyclic) bond motifs is 1. The first kappa shape index (κ1) is 17.0. The van der Waals surface area contributed by atoms with E-state index in [0.29, 0.717) is 22.7 Å². The van der Waals surface area contributed by atoms with Gasteiger partial charge in [-0.3, -0.25) is 4.79 Å². The Morgan fingerprint density at radius 2 is 2.16 bits per heavy atom. The number of nitrogens with zero attached hydrogens (tertiary/aromatic N) is 2. The minimum atomic E-state index is -0.313. The quantitative estimate of drug-likeness (QED) is 0.674. The van der Waals surface area contributed by atoms with Crippen molar-refractivity contribution in [2.75, 3.05) is 7.11 Å². The van der Waals surface area contributed by atoms with Crippen LogP contribution in [-0.4, -0.2) is 17.6 Å². The predicted octanol–water partition coefficient (Wildman–Crippen LogP) is 3.65. The van der Waals surface area contributed by atoms with Crippen LogP contribution in [0, 0.1) is 12.3 Å². The zero-order valence-electron chi connectivity index (χ0n) is 14.2. The number of thiazole rings is 1. The summed E-state index contributed by atoms with van der Waals surface area (Å²) in [4.78, 5) is 17.5. The molecule has 3 rings (SSSR count). The second kappa shape index (κ2) is 7.37. The maximum Gasteiger partial charge on any atom is 0.279 e. The van der Waals surface area contributed by atoms with Crippen molar-refractivity contribution in [3.8, 4) is 18.1 Å². The summed E-state index contributed by atoms with van der Waals surface area (Å²) in [6.07, 6.45) is 6.46. The fourth-order valence-corrected chi connectivity index (χ4v) is 3.67. The maximum atomic E-state index is 12.6. The van der Waals surface area contributed by atoms with Gasteiger partial charge in [-0.05, 0) is 42.3 Å². The molecular formula is C20H18N2O2S. The number of hydrogen-bond acceptors (Lipinski definition) is 3. The van der Waals surface area contributed by atoms with E-state index in [4.69, 9.17) is 11.2 Å². The third-order valence-electron chi connectivity index (χ3n) is 3.92. The molecule has 0 saturated carbocycles. The molecule has 0 aliphatic carbocycles. The lowest BCUT2D eigenvalue weighted by molar-refractivity contribution is 0.0997. The summed E-state index contributed by atoms with van der Waals surface area (Å²) in [5, 5.41) is 0. The standard InChI is InChI=1S/C20H18N2O2S/c1-4-11-22-17-10-9-14(5-2)12-18(17)25-20(22)21-19(23)15-7-6-8-16(13-15)24-3/h1,6-10,12-13H,5,11H2,2-3H3. The molecule has 3 aromatic rings. The van der Waals surface area contributed by atoms with Crippen molar-refractivity contribution in [2.45, 2.75) is 19.9 Å². The molecule has 1 aromatic heterocycles. The molecule has 0 atom stereocenters. The van der Waals surface area contributed by atoms with Gasteiger partial charge in [0.05, 0.1) is 23.9 Å². The maximum absolute atomic E-state index is 12.6. The smallest absolute Gasteiger partial charge is 0.279 e. The highest BCUT2D eigenvalue weighted by atomic mass is 32.1. The summed E-state index contributed by atoms with van der Waals surface area (Å²) in [5.41, 5.74) is 2.72. The summed E-state index contributed by atoms with van der Waals surface area (Å²) in [6, 6.07) is 13.2. The largest absolute Gasteiger partial charge is 0.497 e. The van der Waals surface area contributed by atoms with Crippen LogP contribution >= 0.6 is 11.3 Å². The van der Waals surface area contributed by atoms with Gasteiger partial charge in [-0.2, -0.15) is 4.99 Å². The van der Waals surface area contributed by atoms with Gasteiger partial charge in [-0.1, -0.05) is 36.3 Å². The van der Waals surface area contributed by atoms with Crippen LogP contribution in [0.3, 0.4) is 0 Å². The number of aromatic nitrogens is 1. The molecule has 2 aromatic carbocycles. The molecule has 0 saturated heterocycles. The average Bonchev–Trinajstić information content (AvgIpc) is 2.98. The molecule has 0 radical (unpaired) electrons. The van der Waals surface area contributed by atoms with E-state index in [0.717, 1.165) is 16.6 Å². The predicted molar refractivity (Wildman–Crippen MR) is 101 cm³/mol. The van der Waals surface area contributed by atoms with Crippen molar-refractivity contribution in [3.05, 3.63) is 58.4 Å². The third kappa shape index (κ3) is 3.49. The van der Waals surface area contributed by atoms with Crippen LogP contribution in [0.25, 0.3) is 10.2 Å². The number of amides is 1. The average molecular weight is 350 g/mol. The topological polar surface area (TPSA) is 43.6 Å². The van der Waals surface area contributed by atoms with Gasteiger partial charge in [0.2, 0.25) is 0 Å². The lowest BCUT2D eigenvalue weighted by Gasteiger charge is -2.02. The van der Waals surface area contributed by atoms with Gasteiger partial charge in [0, 0.05) is 5.56 Å². The van der Waals surface area contributed by atoms with Crippen molar-refractivity contribution in [1.82, 2.24) is 4.57 Å². The lowest BCUT2D eigenvalue weighted by Crippen LogP contribution is -2.16. The molecule has 0 aliphatic heterocycles. The molecule has 0 spiro atoms. The zero-order chi connectivity index (χ0) is 17.8. The summed E-state index contributed by atoms with van der Waals surface area (Å²) >= 11 is 1.47. The van der Waals surface area contributed by atoms with E-state index in [1.165, 1.54) is 16.9 Å². The number of carbonyl (C=O) groups is 1. The van der Waals surface area contributed by atoms with Crippen LogP contribution < -0.4 is 9.54 Å². The Kier molecular flexibility index (Phi) is 5.01. The number of rotatable bonds is 4. The van der Waals surface area contributed by atoms with Gasteiger partial charge in [0.15, 0.2) is 4.80 Å². The van der Waals surface area contributed by atoms with Gasteiger partial charge in [0.25, 0.3) is 5.91 Å². The summed E-state index contributed by atoms with van der Waals surface area (Å²) < 4.78 is 8.14. The Bertz CT molecular complexity index is 1040. The molecule has 5 heteroatoms. The Morgan fingerprint density at radius 1 is 1.32 bits per heavy atom. The number of benzene rings is 2. The number of carbonyl (C=O) groups excluding carboxylic acids is 1. The van der Waals surface area contributed by atoms with Crippen LogP contribution in [0.1, 0.15) is 22.8 Å². The SMILES string of the molecule is C#CCn1c(=NC(=O)c2cccc(OC)c2)sc2cc(CC)ccc21. The second-order valence-electron chi connectivity index (χ2n) is 5.48. The lowest BCUT2D eigenvalue weighted by atomic mass is 10.2. The fourth-order valence-electron chi connectivity index (χ4n) is 2.57. The van der Waals surface area contributed by atoms with Crippen LogP contribution in [-0.2, 0) is 13.0 Å². The highest BCUT2D eigenvalue weighted by Crippen LogP contribution is 2.20. The van der Waals surface area contributed by atoms with Crippen molar-refractivity contribution >= 4 is 27.5 Å². The Labute approximate surface area is 150 Å². The van der Waals surface area contributed by atoms with Crippen LogP contribution in [0.4, 0.5) is 0 Å². The minimum absolute atomic E-state index is 0.313. The summed E-state index contributed by atoms with van der Waals surface area (Å²) in [6.45, 7) is 2.48. The van der Waals surface area contributed by atoms with Crippen molar-refractivity contribution in [1.29, 1.82) is 0 Å². The number of hydrogen-bond donors (Lipinski definition) is 0. The molecule has 0 bridgehead atoms. The Balaban J connectivity index is 2.12. The van der Waals surface area contributed by atoms with Gasteiger partial charge in [-0.25, -0.2) is 0 Å².